The third-order valence-electron chi connectivity index (χ3n) is 3.77. The van der Waals surface area contributed by atoms with Gasteiger partial charge in [0.2, 0.25) is 10.0 Å². The quantitative estimate of drug-likeness (QED) is 0.737. The molecular weight excluding hydrogens is 348 g/mol. The molecule has 1 saturated heterocycles. The van der Waals surface area contributed by atoms with E-state index in [1.807, 2.05) is 24.2 Å². The summed E-state index contributed by atoms with van der Waals surface area (Å²) in [5.74, 6) is 0. The van der Waals surface area contributed by atoms with Crippen LogP contribution < -0.4 is 5.43 Å². The van der Waals surface area contributed by atoms with E-state index in [0.29, 0.717) is 31.2 Å². The Balaban J connectivity index is 0.00000139. The predicted octanol–water partition coefficient (Wildman–Crippen LogP) is 1.17. The molecule has 2 rings (SSSR count). The van der Waals surface area contributed by atoms with E-state index in [9.17, 15) is 8.42 Å². The second kappa shape index (κ2) is 9.14. The highest BCUT2D eigenvalue weighted by Gasteiger charge is 2.25. The van der Waals surface area contributed by atoms with Crippen LogP contribution in [0, 0.1) is 12.8 Å². The summed E-state index contributed by atoms with van der Waals surface area (Å²) in [6.07, 6.45) is 14.8. The molecule has 6 nitrogen and oxygen atoms in total. The molecule has 2 heterocycles. The van der Waals surface area contributed by atoms with Crippen LogP contribution in [-0.4, -0.2) is 68.7 Å². The van der Waals surface area contributed by atoms with Crippen molar-refractivity contribution in [3.8, 4) is 12.8 Å². The minimum absolute atomic E-state index is 0.505. The van der Waals surface area contributed by atoms with Gasteiger partial charge in [-0.15, -0.1) is 12.8 Å². The van der Waals surface area contributed by atoms with Crippen LogP contribution in [0.5, 0.6) is 0 Å². The van der Waals surface area contributed by atoms with E-state index in [2.05, 4.69) is 30.1 Å². The van der Waals surface area contributed by atoms with E-state index in [4.69, 9.17) is 11.6 Å². The maximum Gasteiger partial charge on any atom is 0.211 e. The van der Waals surface area contributed by atoms with Crippen molar-refractivity contribution >= 4 is 21.6 Å². The Morgan fingerprint density at radius 3 is 2.33 bits per heavy atom. The number of nitrogens with zero attached hydrogens (tertiary/aromatic N) is 3. The molecule has 0 aromatic rings. The van der Waals surface area contributed by atoms with Crippen molar-refractivity contribution in [1.29, 1.82) is 0 Å². The highest BCUT2D eigenvalue weighted by molar-refractivity contribution is 7.88. The second-order valence-electron chi connectivity index (χ2n) is 5.66. The van der Waals surface area contributed by atoms with Crippen molar-refractivity contribution in [3.63, 3.8) is 0 Å². The second-order valence-corrected chi connectivity index (χ2v) is 8.08. The molecule has 0 spiro atoms. The van der Waals surface area contributed by atoms with Crippen LogP contribution in [0.3, 0.4) is 0 Å². The number of rotatable bonds is 2. The summed E-state index contributed by atoms with van der Waals surface area (Å²) in [5.41, 5.74) is 5.38. The Labute approximate surface area is 150 Å². The zero-order valence-electron chi connectivity index (χ0n) is 14.4. The van der Waals surface area contributed by atoms with E-state index in [0.717, 1.165) is 12.2 Å². The summed E-state index contributed by atoms with van der Waals surface area (Å²) in [6, 6.07) is 0. The Hall–Kier alpha value is -1.46. The first kappa shape index (κ1) is 20.6. The molecule has 0 aliphatic carbocycles. The van der Waals surface area contributed by atoms with Gasteiger partial charge in [-0.25, -0.2) is 13.4 Å². The fraction of sp³-hybridized carbons (Fsp3) is 0.500. The Bertz CT molecular complexity index is 644. The number of hydrogen-bond donors (Lipinski definition) is 1. The van der Waals surface area contributed by atoms with Gasteiger partial charge < -0.3 is 10.3 Å². The molecule has 0 radical (unpaired) electrons. The summed E-state index contributed by atoms with van der Waals surface area (Å²) in [5, 5.41) is 2.62. The van der Waals surface area contributed by atoms with Gasteiger partial charge in [0.1, 0.15) is 0 Å². The third-order valence-corrected chi connectivity index (χ3v) is 5.31. The van der Waals surface area contributed by atoms with Crippen molar-refractivity contribution in [2.24, 2.45) is 0 Å². The Kier molecular flexibility index (Phi) is 7.84. The van der Waals surface area contributed by atoms with Crippen molar-refractivity contribution in [1.82, 2.24) is 19.6 Å². The van der Waals surface area contributed by atoms with Gasteiger partial charge in [0.25, 0.3) is 0 Å². The predicted molar refractivity (Wildman–Crippen MR) is 99.4 cm³/mol. The number of halogens is 1. The lowest BCUT2D eigenvalue weighted by molar-refractivity contribution is 0.230. The van der Waals surface area contributed by atoms with Gasteiger partial charge in [-0.05, 0) is 24.6 Å². The molecule has 2 aliphatic heterocycles. The van der Waals surface area contributed by atoms with Crippen LogP contribution in [0.15, 0.2) is 34.7 Å². The van der Waals surface area contributed by atoms with Crippen LogP contribution in [0.2, 0.25) is 0 Å². The molecule has 0 aromatic carbocycles. The number of hydrogen-bond acceptors (Lipinski definition) is 5. The normalized spacial score (nSPS) is 27.4. The molecule has 134 valence electrons. The summed E-state index contributed by atoms with van der Waals surface area (Å²) >= 11 is 6.24. The van der Waals surface area contributed by atoms with Gasteiger partial charge in [-0.2, -0.15) is 4.31 Å². The first-order valence-electron chi connectivity index (χ1n) is 7.51. The van der Waals surface area contributed by atoms with Crippen LogP contribution in [0.1, 0.15) is 6.92 Å². The number of allylic oxidation sites excluding steroid dienone is 3. The average molecular weight is 373 g/mol. The molecule has 2 aliphatic rings. The molecule has 1 fully saturated rings. The van der Waals surface area contributed by atoms with E-state index < -0.39 is 10.0 Å². The van der Waals surface area contributed by atoms with Crippen molar-refractivity contribution in [2.45, 2.75) is 6.92 Å². The SMILES string of the molecule is C#C.C\C1=C(N2CCN(S(C)(=O)=O)CC2)/C=C(Cl)\C=C\NN(C)C1. The lowest BCUT2D eigenvalue weighted by atomic mass is 10.1. The largest absolute Gasteiger partial charge is 0.369 e. The van der Waals surface area contributed by atoms with Gasteiger partial charge in [-0.1, -0.05) is 11.6 Å². The standard InChI is InChI=1S/C14H23ClN4O2S.C2H2/c1-12-11-17(2)16-5-4-13(15)10-14(12)18-6-8-19(9-7-18)22(3,20)21;1-2/h4-5,10,16H,6-9,11H2,1-3H3;1-2H/b5-4+,13-10+,14-12-;. The number of nitrogens with one attached hydrogen (secondary N) is 1. The highest BCUT2D eigenvalue weighted by atomic mass is 35.5. The number of terminal acetylenes is 1. The minimum atomic E-state index is -3.11. The molecule has 8 heteroatoms. The third kappa shape index (κ3) is 5.87. The van der Waals surface area contributed by atoms with Crippen LogP contribution >= 0.6 is 11.6 Å². The smallest absolute Gasteiger partial charge is 0.211 e. The fourth-order valence-corrected chi connectivity index (χ4v) is 3.64. The molecule has 1 N–H and O–H groups in total. The van der Waals surface area contributed by atoms with E-state index in [1.165, 1.54) is 16.1 Å². The molecule has 0 amide bonds. The molecule has 0 atom stereocenters. The number of sulfonamides is 1. The Morgan fingerprint density at radius 2 is 1.79 bits per heavy atom. The zero-order chi connectivity index (χ0) is 18.3. The monoisotopic (exact) mass is 372 g/mol. The molecule has 0 bridgehead atoms. The van der Waals surface area contributed by atoms with E-state index in [-0.39, 0.29) is 0 Å². The van der Waals surface area contributed by atoms with Crippen molar-refractivity contribution < 1.29 is 8.42 Å². The summed E-state index contributed by atoms with van der Waals surface area (Å²) < 4.78 is 24.7. The summed E-state index contributed by atoms with van der Waals surface area (Å²) in [4.78, 5) is 2.20. The average Bonchev–Trinajstić information content (AvgIpc) is 2.59. The van der Waals surface area contributed by atoms with Gasteiger partial charge in [0.05, 0.1) is 6.26 Å². The molecule has 0 saturated carbocycles. The van der Waals surface area contributed by atoms with Crippen LogP contribution in [-0.2, 0) is 10.0 Å². The van der Waals surface area contributed by atoms with E-state index >= 15 is 0 Å². The highest BCUT2D eigenvalue weighted by Crippen LogP contribution is 2.20. The number of hydrazine groups is 1. The van der Waals surface area contributed by atoms with Crippen molar-refractivity contribution in [3.05, 3.63) is 34.7 Å². The maximum atomic E-state index is 11.6. The maximum absolute atomic E-state index is 11.6. The molecule has 24 heavy (non-hydrogen) atoms. The fourth-order valence-electron chi connectivity index (χ4n) is 2.65. The number of piperazine rings is 1. The van der Waals surface area contributed by atoms with Crippen LogP contribution in [0.4, 0.5) is 0 Å². The first-order chi connectivity index (χ1) is 11.3. The lowest BCUT2D eigenvalue weighted by Crippen LogP contribution is -2.48. The van der Waals surface area contributed by atoms with Gasteiger partial charge in [0.15, 0.2) is 0 Å². The van der Waals surface area contributed by atoms with Crippen molar-refractivity contribution in [2.75, 3.05) is 46.0 Å². The van der Waals surface area contributed by atoms with Gasteiger partial charge in [-0.3, -0.25) is 0 Å². The minimum Gasteiger partial charge on any atom is -0.369 e. The molecule has 0 aromatic heterocycles. The summed E-state index contributed by atoms with van der Waals surface area (Å²) in [7, 11) is -1.15. The van der Waals surface area contributed by atoms with E-state index in [1.54, 1.807) is 6.20 Å². The summed E-state index contributed by atoms with van der Waals surface area (Å²) in [6.45, 7) is 5.17. The van der Waals surface area contributed by atoms with Gasteiger partial charge in [0, 0.05) is 56.7 Å². The topological polar surface area (TPSA) is 55.9 Å². The van der Waals surface area contributed by atoms with Crippen LogP contribution in [0.25, 0.3) is 0 Å². The van der Waals surface area contributed by atoms with Gasteiger partial charge >= 0.3 is 0 Å². The molecule has 0 unspecified atom stereocenters. The lowest BCUT2D eigenvalue weighted by Gasteiger charge is -2.36. The zero-order valence-corrected chi connectivity index (χ0v) is 15.9. The Morgan fingerprint density at radius 1 is 1.21 bits per heavy atom. The first-order valence-corrected chi connectivity index (χ1v) is 9.74. The number of likely N-dealkylation sites (N-methyl/N-ethyl adjacent to an activating group) is 1. The molecular formula is C16H25ClN4O2S.